The van der Waals surface area contributed by atoms with Crippen LogP contribution in [0.25, 0.3) is 0 Å². The van der Waals surface area contributed by atoms with E-state index in [-0.39, 0.29) is 5.91 Å². The Balaban J connectivity index is 2.21. The predicted molar refractivity (Wildman–Crippen MR) is 107 cm³/mol. The second-order valence-corrected chi connectivity index (χ2v) is 8.25. The van der Waals surface area contributed by atoms with Crippen LogP contribution in [0.2, 0.25) is 0 Å². The molecule has 0 saturated heterocycles. The van der Waals surface area contributed by atoms with Gasteiger partial charge in [-0.2, -0.15) is 0 Å². The van der Waals surface area contributed by atoms with E-state index < -0.39 is 16.1 Å². The molecule has 0 bridgehead atoms. The van der Waals surface area contributed by atoms with Crippen LogP contribution >= 0.6 is 0 Å². The van der Waals surface area contributed by atoms with Crippen LogP contribution in [-0.2, 0) is 21.4 Å². The number of amides is 1. The number of rotatable bonds is 8. The molecule has 0 saturated carbocycles. The number of hydrogen-bond acceptors (Lipinski definition) is 4. The fourth-order valence-electron chi connectivity index (χ4n) is 2.88. The normalized spacial score (nSPS) is 12.3. The summed E-state index contributed by atoms with van der Waals surface area (Å²) in [4.78, 5) is 12.8. The summed E-state index contributed by atoms with van der Waals surface area (Å²) in [6, 6.07) is 13.7. The van der Waals surface area contributed by atoms with Crippen LogP contribution in [0.3, 0.4) is 0 Å². The molecule has 1 atom stereocenters. The number of benzene rings is 2. The van der Waals surface area contributed by atoms with Crippen molar-refractivity contribution in [3.63, 3.8) is 0 Å². The molecule has 0 fully saturated rings. The maximum absolute atomic E-state index is 12.8. The van der Waals surface area contributed by atoms with Crippen molar-refractivity contribution in [3.8, 4) is 5.75 Å². The van der Waals surface area contributed by atoms with Crippen molar-refractivity contribution in [2.24, 2.45) is 0 Å². The minimum atomic E-state index is -3.63. The summed E-state index contributed by atoms with van der Waals surface area (Å²) in [6.45, 7) is 3.99. The third-order valence-corrected chi connectivity index (χ3v) is 5.39. The maximum atomic E-state index is 12.8. The van der Waals surface area contributed by atoms with E-state index in [4.69, 9.17) is 4.74 Å². The Morgan fingerprint density at radius 1 is 1.19 bits per heavy atom. The number of nitrogens with zero attached hydrogens (tertiary/aromatic N) is 1. The summed E-state index contributed by atoms with van der Waals surface area (Å²) in [7, 11) is -2.04. The summed E-state index contributed by atoms with van der Waals surface area (Å²) in [6.07, 6.45) is 1.48. The average Bonchev–Trinajstić information content (AvgIpc) is 2.63. The Kier molecular flexibility index (Phi) is 6.85. The number of methoxy groups -OCH3 is 1. The summed E-state index contributed by atoms with van der Waals surface area (Å²) in [5, 5.41) is 2.84. The Hall–Kier alpha value is -2.54. The summed E-state index contributed by atoms with van der Waals surface area (Å²) >= 11 is 0. The Morgan fingerprint density at radius 2 is 1.85 bits per heavy atom. The molecule has 7 heteroatoms. The SMILES string of the molecule is CC[C@@H](C(=O)NCc1ccc(OC)cc1)N(c1cccc(C)c1)S(C)(=O)=O. The molecule has 0 radical (unpaired) electrons. The van der Waals surface area contributed by atoms with E-state index in [1.165, 1.54) is 4.31 Å². The summed E-state index contributed by atoms with van der Waals surface area (Å²) < 4.78 is 31.2. The van der Waals surface area contributed by atoms with E-state index in [1.54, 1.807) is 32.2 Å². The van der Waals surface area contributed by atoms with E-state index >= 15 is 0 Å². The molecular weight excluding hydrogens is 364 g/mol. The number of anilines is 1. The first-order valence-electron chi connectivity index (χ1n) is 8.73. The number of nitrogens with one attached hydrogen (secondary N) is 1. The first-order chi connectivity index (χ1) is 12.8. The van der Waals surface area contributed by atoms with Gasteiger partial charge < -0.3 is 10.1 Å². The van der Waals surface area contributed by atoms with Crippen LogP contribution in [0.1, 0.15) is 24.5 Å². The Bertz CT molecular complexity index is 879. The van der Waals surface area contributed by atoms with Crippen LogP contribution in [0.5, 0.6) is 5.75 Å². The molecule has 0 aliphatic carbocycles. The van der Waals surface area contributed by atoms with Crippen molar-refractivity contribution in [1.29, 1.82) is 0 Å². The topological polar surface area (TPSA) is 75.7 Å². The lowest BCUT2D eigenvalue weighted by Gasteiger charge is -2.30. The van der Waals surface area contributed by atoms with Gasteiger partial charge in [0, 0.05) is 6.54 Å². The molecule has 0 heterocycles. The first kappa shape index (κ1) is 20.8. The van der Waals surface area contributed by atoms with E-state index in [1.807, 2.05) is 37.3 Å². The molecular formula is C20H26N2O4S. The standard InChI is InChI=1S/C20H26N2O4S/c1-5-19(20(23)21-14-16-9-11-18(26-3)12-10-16)22(27(4,24)25)17-8-6-7-15(2)13-17/h6-13,19H,5,14H2,1-4H3,(H,21,23)/t19-/m0/s1. The molecule has 0 unspecified atom stereocenters. The molecule has 0 aliphatic heterocycles. The lowest BCUT2D eigenvalue weighted by molar-refractivity contribution is -0.122. The smallest absolute Gasteiger partial charge is 0.244 e. The number of carbonyl (C=O) groups is 1. The summed E-state index contributed by atoms with van der Waals surface area (Å²) in [5.74, 6) is 0.402. The van der Waals surface area contributed by atoms with Gasteiger partial charge in [-0.05, 0) is 48.7 Å². The highest BCUT2D eigenvalue weighted by molar-refractivity contribution is 7.92. The molecule has 6 nitrogen and oxygen atoms in total. The number of carbonyl (C=O) groups excluding carboxylic acids is 1. The van der Waals surface area contributed by atoms with Crippen LogP contribution in [0, 0.1) is 6.92 Å². The van der Waals surface area contributed by atoms with Crippen molar-refractivity contribution in [3.05, 3.63) is 59.7 Å². The van der Waals surface area contributed by atoms with Gasteiger partial charge in [-0.1, -0.05) is 31.2 Å². The van der Waals surface area contributed by atoms with Gasteiger partial charge in [0.2, 0.25) is 15.9 Å². The lowest BCUT2D eigenvalue weighted by atomic mass is 10.1. The number of ether oxygens (including phenoxy) is 1. The molecule has 1 amide bonds. The van der Waals surface area contributed by atoms with Gasteiger partial charge in [-0.15, -0.1) is 0 Å². The van der Waals surface area contributed by atoms with Gasteiger partial charge in [0.05, 0.1) is 19.1 Å². The zero-order valence-electron chi connectivity index (χ0n) is 16.1. The molecule has 0 aliphatic rings. The minimum Gasteiger partial charge on any atom is -0.497 e. The Morgan fingerprint density at radius 3 is 2.37 bits per heavy atom. The van der Waals surface area contributed by atoms with Crippen LogP contribution in [0.15, 0.2) is 48.5 Å². The highest BCUT2D eigenvalue weighted by Crippen LogP contribution is 2.23. The van der Waals surface area contributed by atoms with Crippen molar-refractivity contribution < 1.29 is 17.9 Å². The van der Waals surface area contributed by atoms with Gasteiger partial charge in [-0.25, -0.2) is 8.42 Å². The highest BCUT2D eigenvalue weighted by Gasteiger charge is 2.31. The fraction of sp³-hybridized carbons (Fsp3) is 0.350. The molecule has 2 rings (SSSR count). The number of hydrogen-bond donors (Lipinski definition) is 1. The van der Waals surface area contributed by atoms with E-state index in [9.17, 15) is 13.2 Å². The predicted octanol–water partition coefficient (Wildman–Crippen LogP) is 2.86. The number of aryl methyl sites for hydroxylation is 1. The van der Waals surface area contributed by atoms with E-state index in [0.717, 1.165) is 23.1 Å². The zero-order chi connectivity index (χ0) is 20.0. The largest absolute Gasteiger partial charge is 0.497 e. The molecule has 2 aromatic rings. The quantitative estimate of drug-likeness (QED) is 0.752. The highest BCUT2D eigenvalue weighted by atomic mass is 32.2. The zero-order valence-corrected chi connectivity index (χ0v) is 16.9. The maximum Gasteiger partial charge on any atom is 0.244 e. The first-order valence-corrected chi connectivity index (χ1v) is 10.6. The van der Waals surface area contributed by atoms with Crippen LogP contribution in [-0.4, -0.2) is 33.7 Å². The van der Waals surface area contributed by atoms with Gasteiger partial charge in [0.15, 0.2) is 0 Å². The van der Waals surface area contributed by atoms with Gasteiger partial charge in [-0.3, -0.25) is 9.10 Å². The second kappa shape index (κ2) is 8.90. The molecule has 27 heavy (non-hydrogen) atoms. The monoisotopic (exact) mass is 390 g/mol. The van der Waals surface area contributed by atoms with Crippen molar-refractivity contribution >= 4 is 21.6 Å². The van der Waals surface area contributed by atoms with Crippen molar-refractivity contribution in [2.75, 3.05) is 17.7 Å². The van der Waals surface area contributed by atoms with Crippen molar-refractivity contribution in [1.82, 2.24) is 5.32 Å². The average molecular weight is 391 g/mol. The molecule has 0 spiro atoms. The minimum absolute atomic E-state index is 0.310. The number of sulfonamides is 1. The van der Waals surface area contributed by atoms with E-state index in [0.29, 0.717) is 18.7 Å². The van der Waals surface area contributed by atoms with E-state index in [2.05, 4.69) is 5.32 Å². The van der Waals surface area contributed by atoms with Crippen LogP contribution in [0.4, 0.5) is 5.69 Å². The second-order valence-electron chi connectivity index (χ2n) is 6.39. The Labute approximate surface area is 161 Å². The van der Waals surface area contributed by atoms with Gasteiger partial charge in [0.25, 0.3) is 0 Å². The van der Waals surface area contributed by atoms with Crippen LogP contribution < -0.4 is 14.4 Å². The molecule has 146 valence electrons. The third-order valence-electron chi connectivity index (χ3n) is 4.21. The van der Waals surface area contributed by atoms with Gasteiger partial charge in [0.1, 0.15) is 11.8 Å². The van der Waals surface area contributed by atoms with Crippen molar-refractivity contribution in [2.45, 2.75) is 32.9 Å². The van der Waals surface area contributed by atoms with Gasteiger partial charge >= 0.3 is 0 Å². The third kappa shape index (κ3) is 5.47. The fourth-order valence-corrected chi connectivity index (χ4v) is 4.08. The molecule has 1 N–H and O–H groups in total. The lowest BCUT2D eigenvalue weighted by Crippen LogP contribution is -2.49. The summed E-state index contributed by atoms with van der Waals surface area (Å²) in [5.41, 5.74) is 2.32. The molecule has 0 aromatic heterocycles. The molecule has 2 aromatic carbocycles.